The summed E-state index contributed by atoms with van der Waals surface area (Å²) in [6.45, 7) is 4.27. The highest BCUT2D eigenvalue weighted by molar-refractivity contribution is 6.09. The Morgan fingerprint density at radius 3 is 2.33 bits per heavy atom. The van der Waals surface area contributed by atoms with Gasteiger partial charge in [0.05, 0.1) is 0 Å². The average molecular weight is 359 g/mol. The van der Waals surface area contributed by atoms with Crippen molar-refractivity contribution in [2.45, 2.75) is 32.6 Å². The van der Waals surface area contributed by atoms with Gasteiger partial charge in [0.1, 0.15) is 11.6 Å². The van der Waals surface area contributed by atoms with Crippen LogP contribution in [0.1, 0.15) is 37.3 Å². The minimum Gasteiger partial charge on any atom is -0.372 e. The van der Waals surface area contributed by atoms with Crippen molar-refractivity contribution in [2.75, 3.05) is 23.3 Å². The molecule has 0 saturated carbocycles. The van der Waals surface area contributed by atoms with E-state index in [1.165, 1.54) is 30.5 Å². The number of carbonyl (C=O) groups excluding carboxylic acids is 1. The van der Waals surface area contributed by atoms with Crippen LogP contribution in [0.5, 0.6) is 0 Å². The van der Waals surface area contributed by atoms with E-state index in [9.17, 15) is 10.1 Å². The summed E-state index contributed by atoms with van der Waals surface area (Å²) in [5.74, 6) is -0.387. The van der Waals surface area contributed by atoms with E-state index in [0.29, 0.717) is 5.69 Å². The summed E-state index contributed by atoms with van der Waals surface area (Å²) in [5.41, 5.74) is 4.05. The summed E-state index contributed by atoms with van der Waals surface area (Å²) >= 11 is 0. The Hall–Kier alpha value is -3.06. The number of nitrogens with zero attached hydrogens (tertiary/aromatic N) is 2. The fourth-order valence-corrected chi connectivity index (χ4v) is 3.27. The summed E-state index contributed by atoms with van der Waals surface area (Å²) in [4.78, 5) is 14.8. The molecule has 2 aromatic carbocycles. The van der Waals surface area contributed by atoms with Gasteiger partial charge in [-0.3, -0.25) is 4.79 Å². The number of hydrogen-bond donors (Lipinski definition) is 1. The third-order valence-corrected chi connectivity index (χ3v) is 4.91. The van der Waals surface area contributed by atoms with Gasteiger partial charge in [-0.1, -0.05) is 31.2 Å². The molecule has 2 aromatic rings. The monoisotopic (exact) mass is 359 g/mol. The SMILES string of the molecule is CCc1ccc(NC(=O)/C(C#N)=C/c2ccc(N3CCCCC3)cc2)cc1. The Morgan fingerprint density at radius 1 is 1.07 bits per heavy atom. The van der Waals surface area contributed by atoms with E-state index in [1.54, 1.807) is 6.08 Å². The number of anilines is 2. The number of benzene rings is 2. The fourth-order valence-electron chi connectivity index (χ4n) is 3.27. The second-order valence-electron chi connectivity index (χ2n) is 6.81. The van der Waals surface area contributed by atoms with E-state index in [4.69, 9.17) is 0 Å². The topological polar surface area (TPSA) is 56.1 Å². The third-order valence-electron chi connectivity index (χ3n) is 4.91. The number of carbonyl (C=O) groups is 1. The molecule has 27 heavy (non-hydrogen) atoms. The van der Waals surface area contributed by atoms with Crippen molar-refractivity contribution in [1.29, 1.82) is 5.26 Å². The highest BCUT2D eigenvalue weighted by Gasteiger charge is 2.12. The van der Waals surface area contributed by atoms with Gasteiger partial charge in [0, 0.05) is 24.5 Å². The van der Waals surface area contributed by atoms with Crippen molar-refractivity contribution >= 4 is 23.4 Å². The molecule has 1 heterocycles. The minimum absolute atomic E-state index is 0.0975. The number of nitrogens with one attached hydrogen (secondary N) is 1. The molecule has 1 amide bonds. The number of amides is 1. The lowest BCUT2D eigenvalue weighted by atomic mass is 10.1. The molecule has 1 N–H and O–H groups in total. The number of nitriles is 1. The van der Waals surface area contributed by atoms with Crippen LogP contribution in [0.4, 0.5) is 11.4 Å². The van der Waals surface area contributed by atoms with Crippen molar-refractivity contribution in [3.63, 3.8) is 0 Å². The summed E-state index contributed by atoms with van der Waals surface area (Å²) in [6.07, 6.45) is 6.36. The van der Waals surface area contributed by atoms with E-state index in [2.05, 4.69) is 29.3 Å². The Balaban J connectivity index is 1.69. The van der Waals surface area contributed by atoms with E-state index in [1.807, 2.05) is 42.5 Å². The second kappa shape index (κ2) is 9.05. The predicted octanol–water partition coefficient (Wildman–Crippen LogP) is 4.78. The van der Waals surface area contributed by atoms with E-state index < -0.39 is 0 Å². The Kier molecular flexibility index (Phi) is 6.27. The molecule has 0 aromatic heterocycles. The van der Waals surface area contributed by atoms with Crippen LogP contribution in [0.25, 0.3) is 6.08 Å². The second-order valence-corrected chi connectivity index (χ2v) is 6.81. The van der Waals surface area contributed by atoms with Gasteiger partial charge in [-0.2, -0.15) is 5.26 Å². The Labute approximate surface area is 161 Å². The largest absolute Gasteiger partial charge is 0.372 e. The summed E-state index contributed by atoms with van der Waals surface area (Å²) < 4.78 is 0. The molecule has 3 rings (SSSR count). The van der Waals surface area contributed by atoms with Crippen molar-refractivity contribution < 1.29 is 4.79 Å². The van der Waals surface area contributed by atoms with Gasteiger partial charge in [0.25, 0.3) is 5.91 Å². The summed E-state index contributed by atoms with van der Waals surface area (Å²) in [5, 5.41) is 12.2. The maximum Gasteiger partial charge on any atom is 0.266 e. The molecule has 4 nitrogen and oxygen atoms in total. The highest BCUT2D eigenvalue weighted by Crippen LogP contribution is 2.21. The van der Waals surface area contributed by atoms with Gasteiger partial charge >= 0.3 is 0 Å². The number of piperidine rings is 1. The molecule has 1 aliphatic heterocycles. The zero-order valence-electron chi connectivity index (χ0n) is 15.7. The number of aryl methyl sites for hydroxylation is 1. The first-order valence-electron chi connectivity index (χ1n) is 9.56. The van der Waals surface area contributed by atoms with E-state index >= 15 is 0 Å². The van der Waals surface area contributed by atoms with E-state index in [-0.39, 0.29) is 11.5 Å². The van der Waals surface area contributed by atoms with Gasteiger partial charge < -0.3 is 10.2 Å². The van der Waals surface area contributed by atoms with Crippen LogP contribution in [0.2, 0.25) is 0 Å². The lowest BCUT2D eigenvalue weighted by molar-refractivity contribution is -0.112. The van der Waals surface area contributed by atoms with Gasteiger partial charge in [0.2, 0.25) is 0 Å². The molecule has 0 spiro atoms. The zero-order valence-corrected chi connectivity index (χ0v) is 15.7. The van der Waals surface area contributed by atoms with Crippen molar-refractivity contribution in [1.82, 2.24) is 0 Å². The van der Waals surface area contributed by atoms with Gasteiger partial charge in [-0.05, 0) is 67.2 Å². The quantitative estimate of drug-likeness (QED) is 0.617. The van der Waals surface area contributed by atoms with Crippen LogP contribution in [-0.4, -0.2) is 19.0 Å². The molecule has 1 saturated heterocycles. The van der Waals surface area contributed by atoms with Gasteiger partial charge in [0.15, 0.2) is 0 Å². The lowest BCUT2D eigenvalue weighted by Gasteiger charge is -2.28. The molecule has 1 aliphatic rings. The van der Waals surface area contributed by atoms with Crippen LogP contribution in [0, 0.1) is 11.3 Å². The van der Waals surface area contributed by atoms with Crippen molar-refractivity contribution in [3.8, 4) is 6.07 Å². The summed E-state index contributed by atoms with van der Waals surface area (Å²) in [7, 11) is 0. The van der Waals surface area contributed by atoms with Crippen LogP contribution in [-0.2, 0) is 11.2 Å². The van der Waals surface area contributed by atoms with Gasteiger partial charge in [-0.15, -0.1) is 0 Å². The van der Waals surface area contributed by atoms with Crippen LogP contribution in [0.15, 0.2) is 54.1 Å². The standard InChI is InChI=1S/C23H25N3O/c1-2-18-6-10-21(11-7-18)25-23(27)20(17-24)16-19-8-12-22(13-9-19)26-14-4-3-5-15-26/h6-13,16H,2-5,14-15H2,1H3,(H,25,27)/b20-16+. The molecule has 4 heteroatoms. The number of rotatable bonds is 5. The smallest absolute Gasteiger partial charge is 0.266 e. The maximum atomic E-state index is 12.4. The first kappa shape index (κ1) is 18.7. The maximum absolute atomic E-state index is 12.4. The van der Waals surface area contributed by atoms with Crippen LogP contribution in [0.3, 0.4) is 0 Å². The molecular weight excluding hydrogens is 334 g/mol. The summed E-state index contributed by atoms with van der Waals surface area (Å²) in [6, 6.07) is 17.7. The van der Waals surface area contributed by atoms with Gasteiger partial charge in [-0.25, -0.2) is 0 Å². The molecule has 0 radical (unpaired) electrons. The first-order chi connectivity index (χ1) is 13.2. The number of hydrogen-bond acceptors (Lipinski definition) is 3. The Bertz CT molecular complexity index is 839. The third kappa shape index (κ3) is 4.98. The molecule has 138 valence electrons. The van der Waals surface area contributed by atoms with E-state index in [0.717, 1.165) is 25.1 Å². The molecule has 0 atom stereocenters. The van der Waals surface area contributed by atoms with Crippen LogP contribution < -0.4 is 10.2 Å². The van der Waals surface area contributed by atoms with Crippen LogP contribution >= 0.6 is 0 Å². The minimum atomic E-state index is -0.387. The normalized spacial score (nSPS) is 14.5. The molecule has 0 unspecified atom stereocenters. The molecule has 0 bridgehead atoms. The zero-order chi connectivity index (χ0) is 19.1. The Morgan fingerprint density at radius 2 is 1.74 bits per heavy atom. The van der Waals surface area contributed by atoms with Crippen molar-refractivity contribution in [2.24, 2.45) is 0 Å². The highest BCUT2D eigenvalue weighted by atomic mass is 16.1. The lowest BCUT2D eigenvalue weighted by Crippen LogP contribution is -2.29. The average Bonchev–Trinajstić information content (AvgIpc) is 2.73. The first-order valence-corrected chi connectivity index (χ1v) is 9.56. The van der Waals surface area contributed by atoms with Crippen molar-refractivity contribution in [3.05, 3.63) is 65.2 Å². The molecule has 0 aliphatic carbocycles. The molecule has 1 fully saturated rings. The predicted molar refractivity (Wildman–Crippen MR) is 111 cm³/mol. The molecular formula is C23H25N3O. The fraction of sp³-hybridized carbons (Fsp3) is 0.304.